The maximum atomic E-state index is 12.4. The fourth-order valence-electron chi connectivity index (χ4n) is 2.50. The largest absolute Gasteiger partial charge is 0.368 e. The Morgan fingerprint density at radius 1 is 1.59 bits per heavy atom. The second-order valence-corrected chi connectivity index (χ2v) is 6.04. The van der Waals surface area contributed by atoms with Crippen LogP contribution in [0.15, 0.2) is 27.7 Å². The Morgan fingerprint density at radius 3 is 3.18 bits per heavy atom. The SMILES string of the molecule is Cc1nc([C@H]2CN(C(=O)Cc3ccsc3)CCO2)cc(=O)[nH]1. The van der Waals surface area contributed by atoms with E-state index < -0.39 is 0 Å². The number of hydrogen-bond donors (Lipinski definition) is 1. The molecule has 116 valence electrons. The molecule has 1 saturated heterocycles. The minimum atomic E-state index is -0.346. The van der Waals surface area contributed by atoms with Gasteiger partial charge in [-0.25, -0.2) is 4.98 Å². The Labute approximate surface area is 131 Å². The normalized spacial score (nSPS) is 18.4. The highest BCUT2D eigenvalue weighted by Crippen LogP contribution is 2.20. The molecule has 2 aromatic heterocycles. The van der Waals surface area contributed by atoms with Crippen molar-refractivity contribution in [2.45, 2.75) is 19.4 Å². The molecule has 22 heavy (non-hydrogen) atoms. The molecule has 1 N–H and O–H groups in total. The summed E-state index contributed by atoms with van der Waals surface area (Å²) in [5, 5.41) is 3.95. The molecule has 3 rings (SSSR count). The molecule has 1 amide bonds. The van der Waals surface area contributed by atoms with Crippen LogP contribution in [0.4, 0.5) is 0 Å². The van der Waals surface area contributed by atoms with Gasteiger partial charge in [0.25, 0.3) is 5.56 Å². The summed E-state index contributed by atoms with van der Waals surface area (Å²) >= 11 is 1.59. The number of amides is 1. The fourth-order valence-corrected chi connectivity index (χ4v) is 3.17. The number of hydrogen-bond acceptors (Lipinski definition) is 5. The number of morpholine rings is 1. The summed E-state index contributed by atoms with van der Waals surface area (Å²) in [7, 11) is 0. The number of aromatic amines is 1. The summed E-state index contributed by atoms with van der Waals surface area (Å²) in [4.78, 5) is 32.6. The Morgan fingerprint density at radius 2 is 2.45 bits per heavy atom. The van der Waals surface area contributed by atoms with Gasteiger partial charge in [-0.3, -0.25) is 9.59 Å². The highest BCUT2D eigenvalue weighted by atomic mass is 32.1. The lowest BCUT2D eigenvalue weighted by atomic mass is 10.1. The zero-order chi connectivity index (χ0) is 15.5. The Hall–Kier alpha value is -1.99. The van der Waals surface area contributed by atoms with Crippen LogP contribution in [0.1, 0.15) is 23.2 Å². The lowest BCUT2D eigenvalue weighted by Crippen LogP contribution is -2.43. The Bertz CT molecular complexity index is 711. The first-order chi connectivity index (χ1) is 10.6. The molecule has 0 spiro atoms. The topological polar surface area (TPSA) is 75.3 Å². The molecule has 0 saturated carbocycles. The van der Waals surface area contributed by atoms with Crippen molar-refractivity contribution in [3.05, 3.63) is 50.3 Å². The van der Waals surface area contributed by atoms with Gasteiger partial charge >= 0.3 is 0 Å². The number of H-pyrrole nitrogens is 1. The van der Waals surface area contributed by atoms with E-state index in [0.29, 0.717) is 37.6 Å². The van der Waals surface area contributed by atoms with Crippen LogP contribution in [0, 0.1) is 6.92 Å². The second kappa shape index (κ2) is 6.41. The molecule has 7 heteroatoms. The molecule has 0 unspecified atom stereocenters. The average molecular weight is 319 g/mol. The van der Waals surface area contributed by atoms with E-state index in [2.05, 4.69) is 9.97 Å². The third-order valence-corrected chi connectivity index (χ3v) is 4.30. The van der Waals surface area contributed by atoms with Crippen LogP contribution >= 0.6 is 11.3 Å². The summed E-state index contributed by atoms with van der Waals surface area (Å²) in [6.07, 6.45) is 0.0547. The van der Waals surface area contributed by atoms with Gasteiger partial charge in [0.2, 0.25) is 5.91 Å². The first-order valence-corrected chi connectivity index (χ1v) is 8.04. The van der Waals surface area contributed by atoms with Gasteiger partial charge < -0.3 is 14.6 Å². The van der Waals surface area contributed by atoms with Crippen molar-refractivity contribution in [3.8, 4) is 0 Å². The van der Waals surface area contributed by atoms with E-state index in [4.69, 9.17) is 4.74 Å². The quantitative estimate of drug-likeness (QED) is 0.925. The standard InChI is InChI=1S/C15H17N3O3S/c1-10-16-12(7-14(19)17-10)13-8-18(3-4-21-13)15(20)6-11-2-5-22-9-11/h2,5,7,9,13H,3-4,6,8H2,1H3,(H,16,17,19)/t13-/m1/s1. The number of aromatic nitrogens is 2. The van der Waals surface area contributed by atoms with Crippen molar-refractivity contribution in [2.24, 2.45) is 0 Å². The minimum absolute atomic E-state index is 0.0771. The summed E-state index contributed by atoms with van der Waals surface area (Å²) in [6.45, 7) is 3.18. The van der Waals surface area contributed by atoms with Gasteiger partial charge in [0, 0.05) is 12.6 Å². The molecular formula is C15H17N3O3S. The highest BCUT2D eigenvalue weighted by Gasteiger charge is 2.26. The number of ether oxygens (including phenoxy) is 1. The zero-order valence-electron chi connectivity index (χ0n) is 12.2. The van der Waals surface area contributed by atoms with Crippen molar-refractivity contribution in [1.82, 2.24) is 14.9 Å². The molecule has 1 aliphatic rings. The van der Waals surface area contributed by atoms with E-state index in [1.807, 2.05) is 16.8 Å². The van der Waals surface area contributed by atoms with E-state index >= 15 is 0 Å². The zero-order valence-corrected chi connectivity index (χ0v) is 13.1. The highest BCUT2D eigenvalue weighted by molar-refractivity contribution is 7.07. The van der Waals surface area contributed by atoms with Crippen LogP contribution in [-0.2, 0) is 16.0 Å². The summed E-state index contributed by atoms with van der Waals surface area (Å²) in [5.41, 5.74) is 1.41. The maximum Gasteiger partial charge on any atom is 0.251 e. The molecule has 0 bridgehead atoms. The van der Waals surface area contributed by atoms with Gasteiger partial charge in [-0.1, -0.05) is 0 Å². The van der Waals surface area contributed by atoms with E-state index in [1.165, 1.54) is 6.07 Å². The number of nitrogens with one attached hydrogen (secondary N) is 1. The smallest absolute Gasteiger partial charge is 0.251 e. The second-order valence-electron chi connectivity index (χ2n) is 5.26. The Balaban J connectivity index is 1.71. The predicted octanol–water partition coefficient (Wildman–Crippen LogP) is 1.28. The monoisotopic (exact) mass is 319 g/mol. The van der Waals surface area contributed by atoms with Crippen molar-refractivity contribution < 1.29 is 9.53 Å². The molecular weight excluding hydrogens is 302 g/mol. The lowest BCUT2D eigenvalue weighted by Gasteiger charge is -2.32. The van der Waals surface area contributed by atoms with Crippen molar-refractivity contribution in [1.29, 1.82) is 0 Å². The summed E-state index contributed by atoms with van der Waals surface area (Å²) in [5.74, 6) is 0.626. The molecule has 0 aliphatic carbocycles. The lowest BCUT2D eigenvalue weighted by molar-refractivity contribution is -0.138. The molecule has 1 aliphatic heterocycles. The van der Waals surface area contributed by atoms with Crippen LogP contribution in [-0.4, -0.2) is 40.5 Å². The third kappa shape index (κ3) is 3.42. The summed E-state index contributed by atoms with van der Waals surface area (Å²) < 4.78 is 5.68. The molecule has 1 fully saturated rings. The first-order valence-electron chi connectivity index (χ1n) is 7.10. The van der Waals surface area contributed by atoms with E-state index in [-0.39, 0.29) is 17.6 Å². The first kappa shape index (κ1) is 14.9. The molecule has 3 heterocycles. The molecule has 6 nitrogen and oxygen atoms in total. The number of aryl methyl sites for hydroxylation is 1. The number of carbonyl (C=O) groups is 1. The van der Waals surface area contributed by atoms with Crippen LogP contribution < -0.4 is 5.56 Å². The van der Waals surface area contributed by atoms with Crippen molar-refractivity contribution in [3.63, 3.8) is 0 Å². The number of nitrogens with zero attached hydrogens (tertiary/aromatic N) is 2. The van der Waals surface area contributed by atoms with Crippen LogP contribution in [0.5, 0.6) is 0 Å². The molecule has 0 aromatic carbocycles. The van der Waals surface area contributed by atoms with Crippen LogP contribution in [0.25, 0.3) is 0 Å². The average Bonchev–Trinajstić information content (AvgIpc) is 2.99. The van der Waals surface area contributed by atoms with Gasteiger partial charge in [0.05, 0.1) is 25.3 Å². The van der Waals surface area contributed by atoms with Crippen LogP contribution in [0.2, 0.25) is 0 Å². The number of carbonyl (C=O) groups excluding carboxylic acids is 1. The fraction of sp³-hybridized carbons (Fsp3) is 0.400. The van der Waals surface area contributed by atoms with E-state index in [9.17, 15) is 9.59 Å². The predicted molar refractivity (Wildman–Crippen MR) is 82.9 cm³/mol. The van der Waals surface area contributed by atoms with Gasteiger partial charge in [0.15, 0.2) is 0 Å². The Kier molecular flexibility index (Phi) is 4.35. The third-order valence-electron chi connectivity index (χ3n) is 3.56. The van der Waals surface area contributed by atoms with Crippen molar-refractivity contribution >= 4 is 17.2 Å². The van der Waals surface area contributed by atoms with Gasteiger partial charge in [-0.2, -0.15) is 11.3 Å². The van der Waals surface area contributed by atoms with Crippen LogP contribution in [0.3, 0.4) is 0 Å². The van der Waals surface area contributed by atoms with Gasteiger partial charge in [0.1, 0.15) is 11.9 Å². The molecule has 1 atom stereocenters. The van der Waals surface area contributed by atoms with E-state index in [0.717, 1.165) is 5.56 Å². The van der Waals surface area contributed by atoms with E-state index in [1.54, 1.807) is 23.2 Å². The molecule has 2 aromatic rings. The molecule has 0 radical (unpaired) electrons. The van der Waals surface area contributed by atoms with Gasteiger partial charge in [-0.05, 0) is 29.3 Å². The minimum Gasteiger partial charge on any atom is -0.368 e. The summed E-state index contributed by atoms with van der Waals surface area (Å²) in [6, 6.07) is 3.40. The maximum absolute atomic E-state index is 12.4. The van der Waals surface area contributed by atoms with Crippen molar-refractivity contribution in [2.75, 3.05) is 19.7 Å². The number of rotatable bonds is 3. The van der Waals surface area contributed by atoms with Gasteiger partial charge in [-0.15, -0.1) is 0 Å². The number of thiophene rings is 1.